The van der Waals surface area contributed by atoms with E-state index in [1.54, 1.807) is 0 Å². The van der Waals surface area contributed by atoms with Crippen LogP contribution < -0.4 is 10.2 Å². The van der Waals surface area contributed by atoms with E-state index in [4.69, 9.17) is 4.98 Å². The highest BCUT2D eigenvalue weighted by molar-refractivity contribution is 7.99. The monoisotopic (exact) mass is 279 g/mol. The number of aromatic nitrogens is 1. The molecule has 1 aromatic heterocycles. The SMILES string of the molecule is Cc1cc(CNC(C)C)cc(N2CCCSCC2)n1. The third kappa shape index (κ3) is 4.69. The van der Waals surface area contributed by atoms with Crippen LogP contribution in [0.2, 0.25) is 0 Å². The maximum absolute atomic E-state index is 4.72. The Balaban J connectivity index is 2.10. The van der Waals surface area contributed by atoms with Crippen molar-refractivity contribution in [3.05, 3.63) is 23.4 Å². The van der Waals surface area contributed by atoms with Gasteiger partial charge in [-0.2, -0.15) is 11.8 Å². The molecule has 1 fully saturated rings. The van der Waals surface area contributed by atoms with E-state index in [0.29, 0.717) is 6.04 Å². The standard InChI is InChI=1S/C15H25N3S/c1-12(2)16-11-14-9-13(3)17-15(10-14)18-5-4-7-19-8-6-18/h9-10,12,16H,4-8,11H2,1-3H3. The van der Waals surface area contributed by atoms with Gasteiger partial charge in [-0.3, -0.25) is 0 Å². The molecule has 4 heteroatoms. The van der Waals surface area contributed by atoms with Gasteiger partial charge >= 0.3 is 0 Å². The lowest BCUT2D eigenvalue weighted by Crippen LogP contribution is -2.27. The highest BCUT2D eigenvalue weighted by Gasteiger charge is 2.12. The highest BCUT2D eigenvalue weighted by atomic mass is 32.2. The number of pyridine rings is 1. The maximum Gasteiger partial charge on any atom is 0.129 e. The first-order valence-electron chi connectivity index (χ1n) is 7.19. The summed E-state index contributed by atoms with van der Waals surface area (Å²) < 4.78 is 0. The molecule has 0 radical (unpaired) electrons. The molecular weight excluding hydrogens is 254 g/mol. The summed E-state index contributed by atoms with van der Waals surface area (Å²) in [5.74, 6) is 3.65. The van der Waals surface area contributed by atoms with Crippen molar-refractivity contribution in [3.8, 4) is 0 Å². The molecule has 0 unspecified atom stereocenters. The quantitative estimate of drug-likeness (QED) is 0.917. The van der Waals surface area contributed by atoms with Gasteiger partial charge in [-0.05, 0) is 36.8 Å². The summed E-state index contributed by atoms with van der Waals surface area (Å²) >= 11 is 2.05. The van der Waals surface area contributed by atoms with Gasteiger partial charge in [-0.1, -0.05) is 13.8 Å². The number of nitrogens with one attached hydrogen (secondary N) is 1. The molecule has 1 aromatic rings. The fraction of sp³-hybridized carbons (Fsp3) is 0.667. The first-order chi connectivity index (χ1) is 9.15. The molecule has 106 valence electrons. The van der Waals surface area contributed by atoms with Crippen molar-refractivity contribution in [1.82, 2.24) is 10.3 Å². The summed E-state index contributed by atoms with van der Waals surface area (Å²) in [6.45, 7) is 9.65. The predicted molar refractivity (Wildman–Crippen MR) is 85.1 cm³/mol. The van der Waals surface area contributed by atoms with Gasteiger partial charge in [0, 0.05) is 37.1 Å². The summed E-state index contributed by atoms with van der Waals surface area (Å²) in [5, 5.41) is 3.48. The molecule has 0 aliphatic carbocycles. The van der Waals surface area contributed by atoms with E-state index in [0.717, 1.165) is 31.1 Å². The van der Waals surface area contributed by atoms with Crippen LogP contribution in [0, 0.1) is 6.92 Å². The van der Waals surface area contributed by atoms with Crippen LogP contribution in [0.4, 0.5) is 5.82 Å². The van der Waals surface area contributed by atoms with E-state index < -0.39 is 0 Å². The van der Waals surface area contributed by atoms with Crippen LogP contribution in [0.25, 0.3) is 0 Å². The Bertz CT molecular complexity index is 398. The Hall–Kier alpha value is -0.740. The maximum atomic E-state index is 4.72. The summed E-state index contributed by atoms with van der Waals surface area (Å²) in [7, 11) is 0. The van der Waals surface area contributed by atoms with Crippen LogP contribution in [0.1, 0.15) is 31.5 Å². The van der Waals surface area contributed by atoms with Crippen LogP contribution >= 0.6 is 11.8 Å². The average Bonchev–Trinajstić information content (AvgIpc) is 2.64. The molecule has 0 bridgehead atoms. The number of anilines is 1. The van der Waals surface area contributed by atoms with Crippen LogP contribution in [0.3, 0.4) is 0 Å². The molecule has 1 N–H and O–H groups in total. The Morgan fingerprint density at radius 1 is 1.32 bits per heavy atom. The van der Waals surface area contributed by atoms with E-state index in [9.17, 15) is 0 Å². The minimum Gasteiger partial charge on any atom is -0.356 e. The first-order valence-corrected chi connectivity index (χ1v) is 8.34. The molecule has 2 heterocycles. The lowest BCUT2D eigenvalue weighted by molar-refractivity contribution is 0.588. The van der Waals surface area contributed by atoms with E-state index in [1.807, 2.05) is 0 Å². The van der Waals surface area contributed by atoms with Gasteiger partial charge in [-0.25, -0.2) is 4.98 Å². The van der Waals surface area contributed by atoms with Gasteiger partial charge in [0.25, 0.3) is 0 Å². The second kappa shape index (κ2) is 7.15. The molecule has 0 saturated carbocycles. The Morgan fingerprint density at radius 2 is 2.16 bits per heavy atom. The number of hydrogen-bond acceptors (Lipinski definition) is 4. The van der Waals surface area contributed by atoms with Gasteiger partial charge in [0.05, 0.1) is 0 Å². The largest absolute Gasteiger partial charge is 0.356 e. The molecule has 2 rings (SSSR count). The molecule has 3 nitrogen and oxygen atoms in total. The molecule has 1 aliphatic heterocycles. The number of nitrogens with zero attached hydrogens (tertiary/aromatic N) is 2. The highest BCUT2D eigenvalue weighted by Crippen LogP contribution is 2.19. The van der Waals surface area contributed by atoms with Gasteiger partial charge in [0.2, 0.25) is 0 Å². The number of thioether (sulfide) groups is 1. The number of aryl methyl sites for hydroxylation is 1. The summed E-state index contributed by atoms with van der Waals surface area (Å²) in [5.41, 5.74) is 2.46. The van der Waals surface area contributed by atoms with Gasteiger partial charge in [-0.15, -0.1) is 0 Å². The van der Waals surface area contributed by atoms with Gasteiger partial charge < -0.3 is 10.2 Å². The second-order valence-corrected chi connectivity index (χ2v) is 6.69. The van der Waals surface area contributed by atoms with Crippen molar-refractivity contribution in [3.63, 3.8) is 0 Å². The van der Waals surface area contributed by atoms with Crippen molar-refractivity contribution in [2.24, 2.45) is 0 Å². The Morgan fingerprint density at radius 3 is 2.95 bits per heavy atom. The smallest absolute Gasteiger partial charge is 0.129 e. The fourth-order valence-electron chi connectivity index (χ4n) is 2.28. The minimum atomic E-state index is 0.520. The van der Waals surface area contributed by atoms with Crippen molar-refractivity contribution in [2.75, 3.05) is 29.5 Å². The van der Waals surface area contributed by atoms with Gasteiger partial charge in [0.1, 0.15) is 5.82 Å². The second-order valence-electron chi connectivity index (χ2n) is 5.46. The molecule has 0 atom stereocenters. The molecule has 0 amide bonds. The molecule has 1 saturated heterocycles. The van der Waals surface area contributed by atoms with Crippen LogP contribution in [0.15, 0.2) is 12.1 Å². The summed E-state index contributed by atoms with van der Waals surface area (Å²) in [6, 6.07) is 4.95. The normalized spacial score (nSPS) is 16.7. The molecule has 19 heavy (non-hydrogen) atoms. The zero-order chi connectivity index (χ0) is 13.7. The average molecular weight is 279 g/mol. The van der Waals surface area contributed by atoms with E-state index in [1.165, 1.54) is 23.5 Å². The Labute approximate surface area is 121 Å². The van der Waals surface area contributed by atoms with Crippen molar-refractivity contribution >= 4 is 17.6 Å². The van der Waals surface area contributed by atoms with Crippen LogP contribution in [-0.2, 0) is 6.54 Å². The van der Waals surface area contributed by atoms with E-state index in [-0.39, 0.29) is 0 Å². The third-order valence-corrected chi connectivity index (χ3v) is 4.31. The number of hydrogen-bond donors (Lipinski definition) is 1. The zero-order valence-electron chi connectivity index (χ0n) is 12.3. The van der Waals surface area contributed by atoms with Crippen LogP contribution in [-0.4, -0.2) is 35.6 Å². The lowest BCUT2D eigenvalue weighted by Gasteiger charge is -2.22. The summed E-state index contributed by atoms with van der Waals surface area (Å²) in [6.07, 6.45) is 1.26. The topological polar surface area (TPSA) is 28.2 Å². The van der Waals surface area contributed by atoms with Crippen LogP contribution in [0.5, 0.6) is 0 Å². The Kier molecular flexibility index (Phi) is 5.52. The molecular formula is C15H25N3S. The van der Waals surface area contributed by atoms with E-state index in [2.05, 4.69) is 54.9 Å². The van der Waals surface area contributed by atoms with Gasteiger partial charge in [0.15, 0.2) is 0 Å². The zero-order valence-corrected chi connectivity index (χ0v) is 13.1. The molecule has 0 spiro atoms. The van der Waals surface area contributed by atoms with E-state index >= 15 is 0 Å². The molecule has 0 aromatic carbocycles. The molecule has 1 aliphatic rings. The lowest BCUT2D eigenvalue weighted by atomic mass is 10.2. The first kappa shape index (κ1) is 14.7. The van der Waals surface area contributed by atoms with Crippen molar-refractivity contribution in [2.45, 2.75) is 39.8 Å². The predicted octanol–water partition coefficient (Wildman–Crippen LogP) is 2.83. The fourth-order valence-corrected chi connectivity index (χ4v) is 3.17. The third-order valence-electron chi connectivity index (χ3n) is 3.26. The van der Waals surface area contributed by atoms with Crippen molar-refractivity contribution < 1.29 is 0 Å². The summed E-state index contributed by atoms with van der Waals surface area (Å²) in [4.78, 5) is 7.15. The van der Waals surface area contributed by atoms with Crippen molar-refractivity contribution in [1.29, 1.82) is 0 Å². The number of rotatable bonds is 4. The minimum absolute atomic E-state index is 0.520.